The molecule has 6 rings (SSSR count). The highest BCUT2D eigenvalue weighted by Gasteiger charge is 2.41. The second kappa shape index (κ2) is 10.8. The number of fused-ring (bicyclic) bond motifs is 1. The number of benzene rings is 2. The standard InChI is InChI=1S/C31H32FN3O7/c1-41-20-11-7-17(8-12-20)15-23-21-6-4-3-5-18(21)13-14-33(23)28-25(32)26(35(39)40)24-27(30(28)42-2)34(19-9-10-19)16-22(29(24)36)31(37)38/h7-8,11-12,16,19,23H,3-6,9-10,13-15H2,1-2H3,(H,37,38). The van der Waals surface area contributed by atoms with Gasteiger partial charge in [-0.3, -0.25) is 14.9 Å². The molecule has 1 N–H and O–H groups in total. The maximum Gasteiger partial charge on any atom is 0.341 e. The van der Waals surface area contributed by atoms with Crippen molar-refractivity contribution in [3.05, 3.63) is 78.9 Å². The van der Waals surface area contributed by atoms with Crippen LogP contribution in [0.3, 0.4) is 0 Å². The summed E-state index contributed by atoms with van der Waals surface area (Å²) in [5, 5.41) is 21.6. The van der Waals surface area contributed by atoms with Gasteiger partial charge in [0.2, 0.25) is 11.2 Å². The van der Waals surface area contributed by atoms with E-state index < -0.39 is 38.8 Å². The summed E-state index contributed by atoms with van der Waals surface area (Å²) < 4.78 is 29.4. The number of anilines is 1. The van der Waals surface area contributed by atoms with Crippen LogP contribution in [-0.2, 0) is 6.42 Å². The van der Waals surface area contributed by atoms with Crippen LogP contribution in [0.4, 0.5) is 15.8 Å². The number of aromatic carboxylic acids is 1. The van der Waals surface area contributed by atoms with Gasteiger partial charge in [-0.05, 0) is 74.6 Å². The SMILES string of the molecule is COc1ccc(CC2C3=C(CCCC3)CCN2c2c(F)c([N+](=O)[O-])c3c(=O)c(C(=O)O)cn(C4CC4)c3c2OC)cc1. The molecule has 220 valence electrons. The van der Waals surface area contributed by atoms with E-state index in [-0.39, 0.29) is 29.0 Å². The van der Waals surface area contributed by atoms with Crippen molar-refractivity contribution in [3.8, 4) is 11.5 Å². The van der Waals surface area contributed by atoms with Crippen molar-refractivity contribution in [3.63, 3.8) is 0 Å². The summed E-state index contributed by atoms with van der Waals surface area (Å²) in [6.07, 6.45) is 7.74. The number of carboxylic acid groups (broad SMARTS) is 1. The van der Waals surface area contributed by atoms with Crippen LogP contribution in [0.2, 0.25) is 0 Å². The van der Waals surface area contributed by atoms with Crippen molar-refractivity contribution >= 4 is 28.2 Å². The number of hydrogen-bond acceptors (Lipinski definition) is 7. The molecule has 42 heavy (non-hydrogen) atoms. The van der Waals surface area contributed by atoms with Crippen LogP contribution in [0.1, 0.15) is 66.9 Å². The lowest BCUT2D eigenvalue weighted by Crippen LogP contribution is -2.44. The quantitative estimate of drug-likeness (QED) is 0.203. The minimum absolute atomic E-state index is 0.00799. The molecule has 1 aliphatic heterocycles. The lowest BCUT2D eigenvalue weighted by atomic mass is 9.80. The van der Waals surface area contributed by atoms with E-state index in [1.807, 2.05) is 29.2 Å². The van der Waals surface area contributed by atoms with Gasteiger partial charge in [-0.1, -0.05) is 17.7 Å². The molecular weight excluding hydrogens is 545 g/mol. The molecular formula is C31H32FN3O7. The number of carbonyl (C=O) groups is 1. The molecule has 1 fully saturated rings. The van der Waals surface area contributed by atoms with E-state index in [0.29, 0.717) is 38.0 Å². The van der Waals surface area contributed by atoms with Crippen LogP contribution in [0.25, 0.3) is 10.9 Å². The number of ether oxygens (including phenoxy) is 2. The minimum atomic E-state index is -1.53. The Labute approximate surface area is 241 Å². The third-order valence-corrected chi connectivity index (χ3v) is 8.81. The monoisotopic (exact) mass is 577 g/mol. The van der Waals surface area contributed by atoms with Crippen LogP contribution in [0.15, 0.2) is 46.4 Å². The normalized spacial score (nSPS) is 18.6. The zero-order chi connectivity index (χ0) is 29.7. The van der Waals surface area contributed by atoms with Gasteiger partial charge in [0.15, 0.2) is 5.75 Å². The van der Waals surface area contributed by atoms with Crippen LogP contribution in [0.5, 0.6) is 11.5 Å². The number of methoxy groups -OCH3 is 2. The summed E-state index contributed by atoms with van der Waals surface area (Å²) in [7, 11) is 2.95. The smallest absolute Gasteiger partial charge is 0.341 e. The largest absolute Gasteiger partial charge is 0.497 e. The number of hydrogen-bond donors (Lipinski definition) is 1. The van der Waals surface area contributed by atoms with Crippen molar-refractivity contribution < 1.29 is 28.7 Å². The molecule has 0 amide bonds. The Kier molecular flexibility index (Phi) is 7.12. The summed E-state index contributed by atoms with van der Waals surface area (Å²) in [5.41, 5.74) is 0.805. The third kappa shape index (κ3) is 4.56. The first-order chi connectivity index (χ1) is 20.2. The molecule has 1 unspecified atom stereocenters. The van der Waals surface area contributed by atoms with Gasteiger partial charge in [-0.15, -0.1) is 0 Å². The molecule has 0 bridgehead atoms. The zero-order valence-corrected chi connectivity index (χ0v) is 23.5. The Balaban J connectivity index is 1.63. The maximum atomic E-state index is 16.7. The first-order valence-corrected chi connectivity index (χ1v) is 14.2. The number of rotatable bonds is 8. The Morgan fingerprint density at radius 1 is 1.12 bits per heavy atom. The Morgan fingerprint density at radius 2 is 1.83 bits per heavy atom. The van der Waals surface area contributed by atoms with Crippen molar-refractivity contribution in [2.24, 2.45) is 0 Å². The molecule has 0 radical (unpaired) electrons. The number of nitro groups is 1. The maximum absolute atomic E-state index is 16.7. The van der Waals surface area contributed by atoms with Crippen LogP contribution >= 0.6 is 0 Å². The molecule has 1 aromatic heterocycles. The van der Waals surface area contributed by atoms with E-state index >= 15 is 4.39 Å². The predicted octanol–water partition coefficient (Wildman–Crippen LogP) is 5.79. The second-order valence-electron chi connectivity index (χ2n) is 11.2. The second-order valence-corrected chi connectivity index (χ2v) is 11.2. The fourth-order valence-corrected chi connectivity index (χ4v) is 6.70. The minimum Gasteiger partial charge on any atom is -0.497 e. The van der Waals surface area contributed by atoms with Crippen molar-refractivity contribution in [2.75, 3.05) is 25.7 Å². The molecule has 1 saturated carbocycles. The van der Waals surface area contributed by atoms with Crippen LogP contribution in [-0.4, -0.2) is 47.4 Å². The fraction of sp³-hybridized carbons (Fsp3) is 0.419. The Hall–Kier alpha value is -4.41. The lowest BCUT2D eigenvalue weighted by Gasteiger charge is -2.43. The number of nitrogens with zero attached hydrogens (tertiary/aromatic N) is 3. The molecule has 2 aromatic carbocycles. The molecule has 10 nitrogen and oxygen atoms in total. The Morgan fingerprint density at radius 3 is 2.45 bits per heavy atom. The van der Waals surface area contributed by atoms with Crippen LogP contribution in [0, 0.1) is 15.9 Å². The van der Waals surface area contributed by atoms with Gasteiger partial charge in [-0.2, -0.15) is 4.39 Å². The highest BCUT2D eigenvalue weighted by Crippen LogP contribution is 2.50. The molecule has 2 heterocycles. The van der Waals surface area contributed by atoms with Gasteiger partial charge in [0.05, 0.1) is 25.2 Å². The molecule has 1 atom stereocenters. The average molecular weight is 578 g/mol. The highest BCUT2D eigenvalue weighted by molar-refractivity contribution is 6.02. The summed E-state index contributed by atoms with van der Waals surface area (Å²) >= 11 is 0. The van der Waals surface area contributed by atoms with E-state index in [2.05, 4.69) is 0 Å². The molecule has 3 aliphatic rings. The predicted molar refractivity (Wildman–Crippen MR) is 155 cm³/mol. The third-order valence-electron chi connectivity index (χ3n) is 8.81. The van der Waals surface area contributed by atoms with E-state index in [0.717, 1.165) is 31.2 Å². The van der Waals surface area contributed by atoms with Gasteiger partial charge in [0.25, 0.3) is 0 Å². The molecule has 0 saturated heterocycles. The van der Waals surface area contributed by atoms with Crippen molar-refractivity contribution in [2.45, 2.75) is 63.5 Å². The van der Waals surface area contributed by atoms with Crippen molar-refractivity contribution in [1.82, 2.24) is 4.57 Å². The van der Waals surface area contributed by atoms with Gasteiger partial charge in [0.1, 0.15) is 27.9 Å². The number of halogens is 1. The van der Waals surface area contributed by atoms with E-state index in [9.17, 15) is 24.8 Å². The summed E-state index contributed by atoms with van der Waals surface area (Å²) in [6, 6.07) is 7.20. The number of pyridine rings is 1. The number of carboxylic acids is 1. The molecule has 3 aromatic rings. The topological polar surface area (TPSA) is 124 Å². The molecule has 0 spiro atoms. The summed E-state index contributed by atoms with van der Waals surface area (Å²) in [4.78, 5) is 38.7. The van der Waals surface area contributed by atoms with E-state index in [1.165, 1.54) is 24.5 Å². The Bertz CT molecular complexity index is 1690. The zero-order valence-electron chi connectivity index (χ0n) is 23.5. The fourth-order valence-electron chi connectivity index (χ4n) is 6.70. The first kappa shape index (κ1) is 27.7. The number of nitro benzene ring substituents is 1. The first-order valence-electron chi connectivity index (χ1n) is 14.2. The molecule has 2 aliphatic carbocycles. The van der Waals surface area contributed by atoms with Gasteiger partial charge >= 0.3 is 11.7 Å². The lowest BCUT2D eigenvalue weighted by molar-refractivity contribution is -0.385. The average Bonchev–Trinajstić information content (AvgIpc) is 3.83. The van der Waals surface area contributed by atoms with Gasteiger partial charge in [0, 0.05) is 18.8 Å². The highest BCUT2D eigenvalue weighted by atomic mass is 19.1. The van der Waals surface area contributed by atoms with Crippen molar-refractivity contribution in [1.29, 1.82) is 0 Å². The van der Waals surface area contributed by atoms with Gasteiger partial charge < -0.3 is 24.0 Å². The summed E-state index contributed by atoms with van der Waals surface area (Å²) in [6.45, 7) is 0.413. The van der Waals surface area contributed by atoms with E-state index in [1.54, 1.807) is 11.7 Å². The van der Waals surface area contributed by atoms with Gasteiger partial charge in [-0.25, -0.2) is 4.79 Å². The summed E-state index contributed by atoms with van der Waals surface area (Å²) in [5.74, 6) is -1.99. The van der Waals surface area contributed by atoms with Crippen LogP contribution < -0.4 is 19.8 Å². The molecule has 11 heteroatoms. The van der Waals surface area contributed by atoms with E-state index in [4.69, 9.17) is 9.47 Å². The number of aromatic nitrogens is 1.